The third-order valence-electron chi connectivity index (χ3n) is 3.07. The molecular weight excluding hydrogens is 414 g/mol. The van der Waals surface area contributed by atoms with Crippen molar-refractivity contribution in [1.82, 2.24) is 16.2 Å². The molecule has 5 nitrogen and oxygen atoms in total. The van der Waals surface area contributed by atoms with Gasteiger partial charge in [-0.1, -0.05) is 45.7 Å². The van der Waals surface area contributed by atoms with Gasteiger partial charge in [-0.2, -0.15) is 0 Å². The number of hydrazine groups is 1. The standard InChI is InChI=1S/C16H13BrClN3O2S/c1-9-6-7-10(8-12(9)17)14(22)20-21-16(24)19-15(23)11-4-2-3-5-13(11)18/h2-8H,1H3,(H,20,22)(H2,19,21,23,24). The number of aryl methyl sites for hydroxylation is 1. The molecule has 0 bridgehead atoms. The molecule has 0 fully saturated rings. The molecular formula is C16H13BrClN3O2S. The summed E-state index contributed by atoms with van der Waals surface area (Å²) in [4.78, 5) is 24.1. The summed E-state index contributed by atoms with van der Waals surface area (Å²) in [5, 5.41) is 2.71. The van der Waals surface area contributed by atoms with Gasteiger partial charge in [0.2, 0.25) is 0 Å². The Morgan fingerprint density at radius 2 is 1.79 bits per heavy atom. The summed E-state index contributed by atoms with van der Waals surface area (Å²) in [6.45, 7) is 1.92. The fourth-order valence-electron chi connectivity index (χ4n) is 1.77. The van der Waals surface area contributed by atoms with Crippen LogP contribution >= 0.6 is 39.7 Å². The van der Waals surface area contributed by atoms with Gasteiger partial charge in [0, 0.05) is 10.0 Å². The third kappa shape index (κ3) is 4.77. The van der Waals surface area contributed by atoms with Crippen molar-refractivity contribution in [3.8, 4) is 0 Å². The van der Waals surface area contributed by atoms with Crippen molar-refractivity contribution < 1.29 is 9.59 Å². The number of benzene rings is 2. The number of thiocarbonyl (C=S) groups is 1. The Morgan fingerprint density at radius 3 is 2.46 bits per heavy atom. The predicted molar refractivity (Wildman–Crippen MR) is 101 cm³/mol. The average Bonchev–Trinajstić information content (AvgIpc) is 2.55. The normalized spacial score (nSPS) is 9.96. The first-order valence-corrected chi connectivity index (χ1v) is 8.38. The zero-order chi connectivity index (χ0) is 17.7. The maximum atomic E-state index is 12.0. The molecule has 0 saturated heterocycles. The summed E-state index contributed by atoms with van der Waals surface area (Å²) < 4.78 is 0.824. The van der Waals surface area contributed by atoms with E-state index in [2.05, 4.69) is 32.1 Å². The van der Waals surface area contributed by atoms with E-state index >= 15 is 0 Å². The third-order valence-corrected chi connectivity index (χ3v) is 4.46. The highest BCUT2D eigenvalue weighted by Gasteiger charge is 2.12. The molecule has 2 rings (SSSR count). The Labute approximate surface area is 157 Å². The van der Waals surface area contributed by atoms with Gasteiger partial charge in [-0.05, 0) is 49.0 Å². The first-order valence-electron chi connectivity index (χ1n) is 6.81. The molecule has 0 aliphatic heterocycles. The number of rotatable bonds is 2. The van der Waals surface area contributed by atoms with E-state index in [1.54, 1.807) is 36.4 Å². The second kappa shape index (κ2) is 8.23. The van der Waals surface area contributed by atoms with Crippen molar-refractivity contribution in [1.29, 1.82) is 0 Å². The predicted octanol–water partition coefficient (Wildman–Crippen LogP) is 3.36. The molecule has 0 aliphatic rings. The molecule has 2 amide bonds. The number of carbonyl (C=O) groups excluding carboxylic acids is 2. The van der Waals surface area contributed by atoms with Crippen molar-refractivity contribution in [2.75, 3.05) is 0 Å². The minimum absolute atomic E-state index is 0.0422. The zero-order valence-corrected chi connectivity index (χ0v) is 15.7. The van der Waals surface area contributed by atoms with E-state index in [-0.39, 0.29) is 16.6 Å². The molecule has 3 N–H and O–H groups in total. The van der Waals surface area contributed by atoms with Crippen molar-refractivity contribution in [2.24, 2.45) is 0 Å². The van der Waals surface area contributed by atoms with E-state index in [1.165, 1.54) is 0 Å². The molecule has 2 aromatic rings. The lowest BCUT2D eigenvalue weighted by molar-refractivity contribution is 0.0934. The van der Waals surface area contributed by atoms with E-state index in [4.69, 9.17) is 23.8 Å². The van der Waals surface area contributed by atoms with E-state index in [9.17, 15) is 9.59 Å². The van der Waals surface area contributed by atoms with Gasteiger partial charge in [-0.25, -0.2) is 0 Å². The van der Waals surface area contributed by atoms with Crippen LogP contribution in [0.4, 0.5) is 0 Å². The summed E-state index contributed by atoms with van der Waals surface area (Å²) in [7, 11) is 0. The van der Waals surface area contributed by atoms with E-state index in [0.717, 1.165) is 10.0 Å². The molecule has 0 aliphatic carbocycles. The van der Waals surface area contributed by atoms with Gasteiger partial charge < -0.3 is 0 Å². The van der Waals surface area contributed by atoms with Crippen molar-refractivity contribution >= 4 is 56.7 Å². The lowest BCUT2D eigenvalue weighted by atomic mass is 10.1. The molecule has 0 saturated carbocycles. The van der Waals surface area contributed by atoms with Crippen LogP contribution in [0.5, 0.6) is 0 Å². The van der Waals surface area contributed by atoms with Crippen LogP contribution < -0.4 is 16.2 Å². The largest absolute Gasteiger partial charge is 0.298 e. The van der Waals surface area contributed by atoms with Gasteiger partial charge in [-0.3, -0.25) is 25.8 Å². The summed E-state index contributed by atoms with van der Waals surface area (Å²) >= 11 is 14.3. The van der Waals surface area contributed by atoms with Crippen molar-refractivity contribution in [3.05, 3.63) is 68.7 Å². The second-order valence-corrected chi connectivity index (χ2v) is 6.48. The molecule has 0 radical (unpaired) electrons. The van der Waals surface area contributed by atoms with Crippen molar-refractivity contribution in [3.63, 3.8) is 0 Å². The molecule has 2 aromatic carbocycles. The number of halogens is 2. The van der Waals surface area contributed by atoms with Crippen LogP contribution in [0, 0.1) is 6.92 Å². The molecule has 0 heterocycles. The topological polar surface area (TPSA) is 70.2 Å². The first kappa shape index (κ1) is 18.4. The highest BCUT2D eigenvalue weighted by Crippen LogP contribution is 2.17. The van der Waals surface area contributed by atoms with Gasteiger partial charge in [0.15, 0.2) is 5.11 Å². The van der Waals surface area contributed by atoms with Crippen LogP contribution in [0.3, 0.4) is 0 Å². The molecule has 0 spiro atoms. The molecule has 0 aromatic heterocycles. The number of amides is 2. The van der Waals surface area contributed by atoms with Gasteiger partial charge in [-0.15, -0.1) is 0 Å². The lowest BCUT2D eigenvalue weighted by Gasteiger charge is -2.11. The Kier molecular flexibility index (Phi) is 6.30. The highest BCUT2D eigenvalue weighted by molar-refractivity contribution is 9.10. The fraction of sp³-hybridized carbons (Fsp3) is 0.0625. The Bertz CT molecular complexity index is 814. The smallest absolute Gasteiger partial charge is 0.269 e. The van der Waals surface area contributed by atoms with Crippen LogP contribution in [0.15, 0.2) is 46.9 Å². The monoisotopic (exact) mass is 425 g/mol. The van der Waals surface area contributed by atoms with Crippen LogP contribution in [-0.4, -0.2) is 16.9 Å². The number of hydrogen-bond acceptors (Lipinski definition) is 3. The summed E-state index contributed by atoms with van der Waals surface area (Å²) in [5.41, 5.74) is 6.64. The molecule has 0 atom stereocenters. The van der Waals surface area contributed by atoms with Crippen LogP contribution in [0.1, 0.15) is 26.3 Å². The van der Waals surface area contributed by atoms with Gasteiger partial charge in [0.05, 0.1) is 10.6 Å². The van der Waals surface area contributed by atoms with Crippen molar-refractivity contribution in [2.45, 2.75) is 6.92 Å². The lowest BCUT2D eigenvalue weighted by Crippen LogP contribution is -2.48. The zero-order valence-electron chi connectivity index (χ0n) is 12.5. The Balaban J connectivity index is 1.91. The molecule has 24 heavy (non-hydrogen) atoms. The van der Waals surface area contributed by atoms with Crippen LogP contribution in [0.25, 0.3) is 0 Å². The first-order chi connectivity index (χ1) is 11.4. The minimum atomic E-state index is -0.467. The SMILES string of the molecule is Cc1ccc(C(=O)NNC(=S)NC(=O)c2ccccc2Cl)cc1Br. The fourth-order valence-corrected chi connectivity index (χ4v) is 2.51. The number of hydrogen-bond donors (Lipinski definition) is 3. The number of nitrogens with one attached hydrogen (secondary N) is 3. The van der Waals surface area contributed by atoms with E-state index in [1.807, 2.05) is 13.0 Å². The van der Waals surface area contributed by atoms with E-state index < -0.39 is 5.91 Å². The second-order valence-electron chi connectivity index (χ2n) is 4.81. The van der Waals surface area contributed by atoms with Gasteiger partial charge in [0.25, 0.3) is 11.8 Å². The summed E-state index contributed by atoms with van der Waals surface area (Å²) in [6, 6.07) is 11.8. The summed E-state index contributed by atoms with van der Waals surface area (Å²) in [6.07, 6.45) is 0. The van der Waals surface area contributed by atoms with Gasteiger partial charge in [0.1, 0.15) is 0 Å². The number of carbonyl (C=O) groups is 2. The van der Waals surface area contributed by atoms with Crippen LogP contribution in [0.2, 0.25) is 5.02 Å². The van der Waals surface area contributed by atoms with E-state index in [0.29, 0.717) is 10.6 Å². The Morgan fingerprint density at radius 1 is 1.08 bits per heavy atom. The maximum Gasteiger partial charge on any atom is 0.269 e. The maximum absolute atomic E-state index is 12.0. The molecule has 0 unspecified atom stereocenters. The average molecular weight is 427 g/mol. The summed E-state index contributed by atoms with van der Waals surface area (Å²) in [5.74, 6) is -0.851. The highest BCUT2D eigenvalue weighted by atomic mass is 79.9. The van der Waals surface area contributed by atoms with Crippen LogP contribution in [-0.2, 0) is 0 Å². The van der Waals surface area contributed by atoms with Gasteiger partial charge >= 0.3 is 0 Å². The Hall–Kier alpha value is -1.96. The molecule has 8 heteroatoms. The minimum Gasteiger partial charge on any atom is -0.298 e. The molecule has 124 valence electrons. The quantitative estimate of drug-likeness (QED) is 0.509.